The minimum Gasteiger partial charge on any atom is -0.454 e. The molecule has 49 heavy (non-hydrogen) atoms. The molecule has 0 bridgehead atoms. The molecule has 1 aliphatic heterocycles. The lowest BCUT2D eigenvalue weighted by Gasteiger charge is -2.20. The average molecular weight is 683 g/mol. The number of fused-ring (bicyclic) bond motifs is 1. The number of halogens is 2. The molecule has 1 aromatic heterocycles. The SMILES string of the molecule is C=Cc1cc(C(CCSc2nc(C)cc(C(/C=C(/F)C=O)=C/N(C)Cc3ccc4c(c3)OCO4)n2)OCc2ccccc2F)ccc1N=C. The van der Waals surface area contributed by atoms with E-state index < -0.39 is 5.83 Å². The summed E-state index contributed by atoms with van der Waals surface area (Å²) in [6, 6.07) is 19.6. The van der Waals surface area contributed by atoms with E-state index in [-0.39, 0.29) is 31.6 Å². The van der Waals surface area contributed by atoms with Crippen LogP contribution in [0.5, 0.6) is 11.5 Å². The van der Waals surface area contributed by atoms with Crippen LogP contribution in [0.15, 0.2) is 102 Å². The van der Waals surface area contributed by atoms with E-state index in [9.17, 15) is 13.6 Å². The fourth-order valence-corrected chi connectivity index (χ4v) is 6.10. The van der Waals surface area contributed by atoms with E-state index in [4.69, 9.17) is 19.2 Å². The van der Waals surface area contributed by atoms with Crippen molar-refractivity contribution in [2.24, 2.45) is 4.99 Å². The first kappa shape index (κ1) is 35.2. The van der Waals surface area contributed by atoms with Crippen LogP contribution >= 0.6 is 11.8 Å². The van der Waals surface area contributed by atoms with E-state index in [1.54, 1.807) is 36.5 Å². The number of aromatic nitrogens is 2. The lowest BCUT2D eigenvalue weighted by Crippen LogP contribution is -2.11. The molecular formula is C38H36F2N4O4S. The average Bonchev–Trinajstić information content (AvgIpc) is 3.57. The number of rotatable bonds is 16. The molecule has 8 nitrogen and oxygen atoms in total. The number of carbonyl (C=O) groups excluding carboxylic acids is 1. The van der Waals surface area contributed by atoms with Crippen molar-refractivity contribution in [3.63, 3.8) is 0 Å². The van der Waals surface area contributed by atoms with Crippen molar-refractivity contribution in [1.29, 1.82) is 0 Å². The second-order valence-electron chi connectivity index (χ2n) is 11.2. The summed E-state index contributed by atoms with van der Waals surface area (Å²) in [7, 11) is 1.85. The highest BCUT2D eigenvalue weighted by molar-refractivity contribution is 7.99. The normalized spacial score (nSPS) is 13.2. The van der Waals surface area contributed by atoms with Gasteiger partial charge < -0.3 is 19.1 Å². The summed E-state index contributed by atoms with van der Waals surface area (Å²) in [5.74, 6) is 0.644. The van der Waals surface area contributed by atoms with Crippen molar-refractivity contribution in [2.45, 2.75) is 37.8 Å². The molecule has 0 saturated carbocycles. The molecule has 1 unspecified atom stereocenters. The van der Waals surface area contributed by atoms with Crippen molar-refractivity contribution >= 4 is 42.1 Å². The molecule has 1 aliphatic rings. The summed E-state index contributed by atoms with van der Waals surface area (Å²) in [6.07, 6.45) is 4.91. The second kappa shape index (κ2) is 16.8. The maximum absolute atomic E-state index is 14.4. The predicted molar refractivity (Wildman–Crippen MR) is 189 cm³/mol. The predicted octanol–water partition coefficient (Wildman–Crippen LogP) is 8.59. The van der Waals surface area contributed by atoms with Crippen LogP contribution < -0.4 is 9.47 Å². The number of allylic oxidation sites excluding steroid dienone is 3. The summed E-state index contributed by atoms with van der Waals surface area (Å²) in [4.78, 5) is 26.5. The number of aryl methyl sites for hydroxylation is 1. The summed E-state index contributed by atoms with van der Waals surface area (Å²) in [5, 5.41) is 0.477. The summed E-state index contributed by atoms with van der Waals surface area (Å²) >= 11 is 1.41. The van der Waals surface area contributed by atoms with Crippen LogP contribution in [0.1, 0.15) is 46.2 Å². The van der Waals surface area contributed by atoms with E-state index in [1.165, 1.54) is 17.8 Å². The zero-order valence-corrected chi connectivity index (χ0v) is 28.1. The van der Waals surface area contributed by atoms with Gasteiger partial charge in [-0.15, -0.1) is 0 Å². The molecule has 0 fully saturated rings. The Balaban J connectivity index is 1.34. The van der Waals surface area contributed by atoms with Crippen LogP contribution in [0.4, 0.5) is 14.5 Å². The largest absolute Gasteiger partial charge is 0.454 e. The van der Waals surface area contributed by atoms with Gasteiger partial charge in [-0.3, -0.25) is 9.79 Å². The highest BCUT2D eigenvalue weighted by Gasteiger charge is 2.17. The number of aldehydes is 1. The Morgan fingerprint density at radius 3 is 2.71 bits per heavy atom. The van der Waals surface area contributed by atoms with E-state index in [1.807, 2.05) is 55.3 Å². The molecule has 0 radical (unpaired) electrons. The third-order valence-electron chi connectivity index (χ3n) is 7.59. The first-order valence-electron chi connectivity index (χ1n) is 15.5. The first-order chi connectivity index (χ1) is 23.8. The number of thioether (sulfide) groups is 1. The van der Waals surface area contributed by atoms with Crippen LogP contribution in [0.3, 0.4) is 0 Å². The Hall–Kier alpha value is -5.13. The van der Waals surface area contributed by atoms with Crippen molar-refractivity contribution in [3.05, 3.63) is 131 Å². The third-order valence-corrected chi connectivity index (χ3v) is 8.47. The van der Waals surface area contributed by atoms with Gasteiger partial charge in [0.1, 0.15) is 5.82 Å². The molecule has 0 saturated heterocycles. The molecule has 0 N–H and O–H groups in total. The molecule has 0 spiro atoms. The zero-order chi connectivity index (χ0) is 34.8. The van der Waals surface area contributed by atoms with Gasteiger partial charge >= 0.3 is 0 Å². The van der Waals surface area contributed by atoms with Crippen LogP contribution in [-0.2, 0) is 22.7 Å². The van der Waals surface area contributed by atoms with E-state index >= 15 is 0 Å². The quantitative estimate of drug-likeness (QED) is 0.0290. The number of carbonyl (C=O) groups is 1. The van der Waals surface area contributed by atoms with E-state index in [0.29, 0.717) is 63.6 Å². The lowest BCUT2D eigenvalue weighted by molar-refractivity contribution is -0.106. The highest BCUT2D eigenvalue weighted by Crippen LogP contribution is 2.34. The van der Waals surface area contributed by atoms with Crippen molar-refractivity contribution in [2.75, 3.05) is 19.6 Å². The van der Waals surface area contributed by atoms with Gasteiger partial charge in [-0.05, 0) is 79.2 Å². The maximum Gasteiger partial charge on any atom is 0.231 e. The minimum atomic E-state index is -0.931. The van der Waals surface area contributed by atoms with Crippen LogP contribution in [0.2, 0.25) is 0 Å². The number of benzene rings is 3. The molecule has 1 atom stereocenters. The standard InChI is InChI=1S/C38H36F2N4O4S/c1-5-27-18-28(11-12-33(27)41-3)35(46-23-29-8-6-7-9-32(29)40)14-15-49-38-42-25(2)16-34(43-38)30(19-31(39)22-45)21-44(4)20-26-10-13-36-37(17-26)48-24-47-36/h5-13,16-19,21-22,35H,1,3,14-15,20,23-24H2,2,4H3/b30-21+,31-19+. The second-order valence-corrected chi connectivity index (χ2v) is 12.3. The Kier molecular flexibility index (Phi) is 12.1. The number of aliphatic imine (C=N–C) groups is 1. The van der Waals surface area contributed by atoms with Gasteiger partial charge in [0.25, 0.3) is 0 Å². The summed E-state index contributed by atoms with van der Waals surface area (Å²) in [5.41, 5.74) is 5.34. The van der Waals surface area contributed by atoms with Gasteiger partial charge in [0.2, 0.25) is 6.79 Å². The maximum atomic E-state index is 14.4. The van der Waals surface area contributed by atoms with Crippen LogP contribution in [0.25, 0.3) is 11.6 Å². The highest BCUT2D eigenvalue weighted by atomic mass is 32.2. The van der Waals surface area contributed by atoms with Gasteiger partial charge in [-0.2, -0.15) is 0 Å². The minimum absolute atomic E-state index is 0.0839. The zero-order valence-electron chi connectivity index (χ0n) is 27.3. The Morgan fingerprint density at radius 1 is 1.12 bits per heavy atom. The number of hydrogen-bond acceptors (Lipinski definition) is 9. The van der Waals surface area contributed by atoms with Crippen molar-refractivity contribution < 1.29 is 27.8 Å². The molecular weight excluding hydrogens is 647 g/mol. The molecule has 0 amide bonds. The number of hydrogen-bond donors (Lipinski definition) is 0. The summed E-state index contributed by atoms with van der Waals surface area (Å²) in [6.45, 7) is 10.1. The molecule has 252 valence electrons. The fourth-order valence-electron chi connectivity index (χ4n) is 5.21. The van der Waals surface area contributed by atoms with Gasteiger partial charge in [0, 0.05) is 42.4 Å². The molecule has 0 aliphatic carbocycles. The monoisotopic (exact) mass is 682 g/mol. The Labute approximate surface area is 288 Å². The summed E-state index contributed by atoms with van der Waals surface area (Å²) < 4.78 is 46.0. The smallest absolute Gasteiger partial charge is 0.231 e. The molecule has 4 aromatic rings. The molecule has 2 heterocycles. The lowest BCUT2D eigenvalue weighted by atomic mass is 10.0. The van der Waals surface area contributed by atoms with E-state index in [0.717, 1.165) is 22.8 Å². The van der Waals surface area contributed by atoms with Crippen LogP contribution in [0, 0.1) is 12.7 Å². The Bertz CT molecular complexity index is 1900. The Morgan fingerprint density at radius 2 is 1.94 bits per heavy atom. The van der Waals surface area contributed by atoms with Gasteiger partial charge in [0.15, 0.2) is 28.8 Å². The van der Waals surface area contributed by atoms with Gasteiger partial charge in [-0.1, -0.05) is 54.7 Å². The number of ether oxygens (including phenoxy) is 3. The van der Waals surface area contributed by atoms with Gasteiger partial charge in [-0.25, -0.2) is 18.7 Å². The van der Waals surface area contributed by atoms with E-state index in [2.05, 4.69) is 23.3 Å². The van der Waals surface area contributed by atoms with Crippen molar-refractivity contribution in [1.82, 2.24) is 14.9 Å². The van der Waals surface area contributed by atoms with Crippen molar-refractivity contribution in [3.8, 4) is 11.5 Å². The molecule has 5 rings (SSSR count). The first-order valence-corrected chi connectivity index (χ1v) is 16.4. The third kappa shape index (κ3) is 9.49. The topological polar surface area (TPSA) is 86.1 Å². The molecule has 11 heteroatoms. The number of nitrogens with zero attached hydrogens (tertiary/aromatic N) is 4. The fraction of sp³-hybridized carbons (Fsp3) is 0.211. The van der Waals surface area contributed by atoms with Crippen LogP contribution in [-0.4, -0.2) is 47.5 Å². The van der Waals surface area contributed by atoms with Gasteiger partial charge in [0.05, 0.1) is 24.1 Å². The molecule has 3 aromatic carbocycles.